The zero-order valence-electron chi connectivity index (χ0n) is 12.1. The van der Waals surface area contributed by atoms with E-state index in [0.29, 0.717) is 0 Å². The number of anilines is 2. The summed E-state index contributed by atoms with van der Waals surface area (Å²) >= 11 is 0. The van der Waals surface area contributed by atoms with Crippen LogP contribution in [0.3, 0.4) is 0 Å². The predicted octanol–water partition coefficient (Wildman–Crippen LogP) is 1.04. The first-order valence-electron chi connectivity index (χ1n) is 7.30. The van der Waals surface area contributed by atoms with E-state index in [4.69, 9.17) is 0 Å². The number of rotatable bonds is 3. The van der Waals surface area contributed by atoms with Crippen LogP contribution in [0.2, 0.25) is 0 Å². The van der Waals surface area contributed by atoms with Crippen LogP contribution in [0.4, 0.5) is 11.4 Å². The Balaban J connectivity index is 1.81. The number of carbonyl (C=O) groups is 1. The minimum Gasteiger partial charge on any atom is -0.369 e. The van der Waals surface area contributed by atoms with Crippen molar-refractivity contribution in [1.82, 2.24) is 10.2 Å². The highest BCUT2D eigenvalue weighted by molar-refractivity contribution is 6.03. The molecule has 2 N–H and O–H groups in total. The average Bonchev–Trinajstić information content (AvgIpc) is 2.76. The molecule has 0 aromatic heterocycles. The quantitative estimate of drug-likeness (QED) is 0.865. The maximum Gasteiger partial charge on any atom is 0.246 e. The number of fused-ring (bicyclic) bond motifs is 1. The minimum atomic E-state index is -0.198. The summed E-state index contributed by atoms with van der Waals surface area (Å²) in [5, 5.41) is 6.20. The Hall–Kier alpha value is -1.59. The summed E-state index contributed by atoms with van der Waals surface area (Å²) in [6, 6.07) is 6.12. The van der Waals surface area contributed by atoms with Gasteiger partial charge in [0.15, 0.2) is 0 Å². The van der Waals surface area contributed by atoms with Crippen LogP contribution in [0.5, 0.6) is 0 Å². The summed E-state index contributed by atoms with van der Waals surface area (Å²) in [4.78, 5) is 16.7. The lowest BCUT2D eigenvalue weighted by molar-refractivity contribution is -0.117. The van der Waals surface area contributed by atoms with Crippen LogP contribution in [0.15, 0.2) is 18.2 Å². The molecule has 0 saturated carbocycles. The summed E-state index contributed by atoms with van der Waals surface area (Å²) in [7, 11) is 2.15. The van der Waals surface area contributed by atoms with Crippen molar-refractivity contribution < 1.29 is 4.79 Å². The van der Waals surface area contributed by atoms with E-state index >= 15 is 0 Å². The molecule has 2 aliphatic heterocycles. The molecule has 108 valence electrons. The molecule has 0 aliphatic carbocycles. The van der Waals surface area contributed by atoms with Crippen molar-refractivity contribution in [2.75, 3.05) is 50.0 Å². The Kier molecular flexibility index (Phi) is 3.63. The lowest BCUT2D eigenvalue weighted by Gasteiger charge is -2.34. The van der Waals surface area contributed by atoms with Gasteiger partial charge in [0.2, 0.25) is 5.91 Å². The van der Waals surface area contributed by atoms with E-state index in [1.807, 2.05) is 6.92 Å². The fourth-order valence-electron chi connectivity index (χ4n) is 2.92. The van der Waals surface area contributed by atoms with Crippen molar-refractivity contribution in [3.05, 3.63) is 23.8 Å². The third-order valence-electron chi connectivity index (χ3n) is 4.14. The number of benzene rings is 1. The van der Waals surface area contributed by atoms with E-state index in [2.05, 4.69) is 45.7 Å². The molecule has 1 amide bonds. The number of amides is 1. The molecule has 1 aromatic rings. The van der Waals surface area contributed by atoms with Crippen LogP contribution in [-0.4, -0.2) is 50.6 Å². The number of nitrogens with zero attached hydrogens (tertiary/aromatic N) is 2. The zero-order valence-corrected chi connectivity index (χ0v) is 12.1. The van der Waals surface area contributed by atoms with Gasteiger partial charge in [0, 0.05) is 43.1 Å². The van der Waals surface area contributed by atoms with E-state index in [0.717, 1.165) is 44.0 Å². The Bertz CT molecular complexity index is 509. The number of hydrogen-bond acceptors (Lipinski definition) is 4. The van der Waals surface area contributed by atoms with Crippen molar-refractivity contribution in [1.29, 1.82) is 0 Å². The highest BCUT2D eigenvalue weighted by atomic mass is 16.2. The van der Waals surface area contributed by atoms with Gasteiger partial charge < -0.3 is 20.4 Å². The van der Waals surface area contributed by atoms with E-state index in [9.17, 15) is 4.79 Å². The van der Waals surface area contributed by atoms with Crippen LogP contribution in [-0.2, 0) is 4.79 Å². The summed E-state index contributed by atoms with van der Waals surface area (Å²) < 4.78 is 0. The Morgan fingerprint density at radius 2 is 2.05 bits per heavy atom. The van der Waals surface area contributed by atoms with E-state index in [1.165, 1.54) is 5.69 Å². The highest BCUT2D eigenvalue weighted by Crippen LogP contribution is 2.34. The second-order valence-corrected chi connectivity index (χ2v) is 5.54. The summed E-state index contributed by atoms with van der Waals surface area (Å²) in [6.07, 6.45) is 0. The predicted molar refractivity (Wildman–Crippen MR) is 81.2 cm³/mol. The molecule has 2 heterocycles. The van der Waals surface area contributed by atoms with Crippen LogP contribution >= 0.6 is 0 Å². The minimum absolute atomic E-state index is 0.0531. The van der Waals surface area contributed by atoms with Gasteiger partial charge in [-0.05, 0) is 25.7 Å². The van der Waals surface area contributed by atoms with E-state index in [1.54, 1.807) is 0 Å². The molecule has 5 nitrogen and oxygen atoms in total. The van der Waals surface area contributed by atoms with Gasteiger partial charge in [-0.2, -0.15) is 0 Å². The van der Waals surface area contributed by atoms with Crippen molar-refractivity contribution in [3.8, 4) is 0 Å². The van der Waals surface area contributed by atoms with Gasteiger partial charge in [-0.15, -0.1) is 0 Å². The molecule has 5 heteroatoms. The molecule has 2 aliphatic rings. The second-order valence-electron chi connectivity index (χ2n) is 5.54. The van der Waals surface area contributed by atoms with Gasteiger partial charge in [0.1, 0.15) is 6.04 Å². The van der Waals surface area contributed by atoms with Gasteiger partial charge in [-0.25, -0.2) is 0 Å². The largest absolute Gasteiger partial charge is 0.369 e. The molecule has 3 rings (SSSR count). The van der Waals surface area contributed by atoms with Crippen LogP contribution in [0.1, 0.15) is 18.5 Å². The fourth-order valence-corrected chi connectivity index (χ4v) is 2.92. The molecule has 0 radical (unpaired) electrons. The highest BCUT2D eigenvalue weighted by Gasteiger charge is 2.30. The molecule has 1 fully saturated rings. The zero-order chi connectivity index (χ0) is 14.1. The van der Waals surface area contributed by atoms with Crippen molar-refractivity contribution in [3.63, 3.8) is 0 Å². The fraction of sp³-hybridized carbons (Fsp3) is 0.533. The maximum atomic E-state index is 12.0. The number of likely N-dealkylation sites (N-methyl/N-ethyl adjacent to an activating group) is 2. The standard InChI is InChI=1S/C15H22N4O/c1-3-16-14-12-5-4-11(10-13(12)17-15(14)20)19-8-6-18(2)7-9-19/h4-5,10,14,16H,3,6-9H2,1-2H3,(H,17,20). The molecule has 1 unspecified atom stereocenters. The number of nitrogens with one attached hydrogen (secondary N) is 2. The molecule has 0 bridgehead atoms. The van der Waals surface area contributed by atoms with E-state index < -0.39 is 0 Å². The molecular weight excluding hydrogens is 252 g/mol. The molecule has 0 spiro atoms. The van der Waals surface area contributed by atoms with Gasteiger partial charge in [-0.1, -0.05) is 13.0 Å². The summed E-state index contributed by atoms with van der Waals surface area (Å²) in [5.41, 5.74) is 3.22. The first-order valence-corrected chi connectivity index (χ1v) is 7.30. The molecule has 20 heavy (non-hydrogen) atoms. The lowest BCUT2D eigenvalue weighted by atomic mass is 10.1. The Morgan fingerprint density at radius 3 is 2.75 bits per heavy atom. The maximum absolute atomic E-state index is 12.0. The first kappa shape index (κ1) is 13.4. The third kappa shape index (κ3) is 2.39. The Morgan fingerprint density at radius 1 is 1.30 bits per heavy atom. The topological polar surface area (TPSA) is 47.6 Å². The lowest BCUT2D eigenvalue weighted by Crippen LogP contribution is -2.44. The van der Waals surface area contributed by atoms with Crippen LogP contribution < -0.4 is 15.5 Å². The molecule has 1 aromatic carbocycles. The van der Waals surface area contributed by atoms with Crippen LogP contribution in [0.25, 0.3) is 0 Å². The molecule has 1 atom stereocenters. The van der Waals surface area contributed by atoms with Crippen molar-refractivity contribution in [2.45, 2.75) is 13.0 Å². The average molecular weight is 274 g/mol. The van der Waals surface area contributed by atoms with Crippen LogP contribution in [0, 0.1) is 0 Å². The monoisotopic (exact) mass is 274 g/mol. The summed E-state index contributed by atoms with van der Waals surface area (Å²) in [5.74, 6) is 0.0531. The smallest absolute Gasteiger partial charge is 0.246 e. The van der Waals surface area contributed by atoms with E-state index in [-0.39, 0.29) is 11.9 Å². The van der Waals surface area contributed by atoms with Gasteiger partial charge in [0.25, 0.3) is 0 Å². The summed E-state index contributed by atoms with van der Waals surface area (Å²) in [6.45, 7) is 7.06. The number of carbonyl (C=O) groups excluding carboxylic acids is 1. The third-order valence-corrected chi connectivity index (χ3v) is 4.14. The van der Waals surface area contributed by atoms with Gasteiger partial charge in [-0.3, -0.25) is 4.79 Å². The van der Waals surface area contributed by atoms with Crippen molar-refractivity contribution in [2.24, 2.45) is 0 Å². The molecular formula is C15H22N4O. The molecule has 1 saturated heterocycles. The first-order chi connectivity index (χ1) is 9.69. The van der Waals surface area contributed by atoms with Gasteiger partial charge >= 0.3 is 0 Å². The Labute approximate surface area is 119 Å². The number of hydrogen-bond donors (Lipinski definition) is 2. The van der Waals surface area contributed by atoms with Gasteiger partial charge in [0.05, 0.1) is 0 Å². The number of piperazine rings is 1. The second kappa shape index (κ2) is 5.42. The van der Waals surface area contributed by atoms with Crippen molar-refractivity contribution >= 4 is 17.3 Å². The normalized spacial score (nSPS) is 22.8. The SMILES string of the molecule is CCNC1C(=O)Nc2cc(N3CCN(C)CC3)ccc21.